The smallest absolute Gasteiger partial charge is 0.172 e. The molecule has 1 aromatic rings. The fourth-order valence-electron chi connectivity index (χ4n) is 0.681. The Morgan fingerprint density at radius 1 is 1.42 bits per heavy atom. The van der Waals surface area contributed by atoms with Gasteiger partial charge in [-0.1, -0.05) is 6.07 Å². The number of anilines is 1. The molecule has 3 nitrogen and oxygen atoms in total. The van der Waals surface area contributed by atoms with Crippen LogP contribution in [0.3, 0.4) is 0 Å². The lowest BCUT2D eigenvalue weighted by Gasteiger charge is -2.07. The van der Waals surface area contributed by atoms with E-state index in [1.54, 1.807) is 6.20 Å². The lowest BCUT2D eigenvalue weighted by Crippen LogP contribution is -2.23. The predicted molar refractivity (Wildman–Crippen MR) is 49.4 cm³/mol. The lowest BCUT2D eigenvalue weighted by atomic mass is 10.4. The zero-order valence-electron chi connectivity index (χ0n) is 7.33. The molecule has 64 valence electrons. The summed E-state index contributed by atoms with van der Waals surface area (Å²) >= 11 is 0. The van der Waals surface area contributed by atoms with E-state index in [0.717, 1.165) is 5.82 Å². The first-order chi connectivity index (χ1) is 5.79. The van der Waals surface area contributed by atoms with E-state index in [2.05, 4.69) is 22.3 Å². The molecule has 0 aliphatic heterocycles. The average Bonchev–Trinajstić information content (AvgIpc) is 2.05. The fraction of sp³-hybridized carbons (Fsp3) is 0.333. The van der Waals surface area contributed by atoms with Gasteiger partial charge >= 0.3 is 0 Å². The third-order valence-electron chi connectivity index (χ3n) is 1.22. The van der Waals surface area contributed by atoms with Crippen molar-refractivity contribution in [1.29, 1.82) is 0 Å². The van der Waals surface area contributed by atoms with E-state index >= 15 is 0 Å². The molecule has 0 saturated carbocycles. The van der Waals surface area contributed by atoms with Gasteiger partial charge in [0.25, 0.3) is 0 Å². The molecule has 0 aliphatic carbocycles. The number of nitrogens with one attached hydrogen (secondary N) is 2. The number of nitrogens with zero attached hydrogens (tertiary/aromatic N) is 1. The van der Waals surface area contributed by atoms with E-state index in [0.29, 0.717) is 6.04 Å². The molecule has 0 atom stereocenters. The van der Waals surface area contributed by atoms with Gasteiger partial charge in [-0.15, -0.1) is 0 Å². The Morgan fingerprint density at radius 2 is 2.25 bits per heavy atom. The van der Waals surface area contributed by atoms with Crippen LogP contribution in [-0.2, 0) is 0 Å². The molecule has 0 amide bonds. The van der Waals surface area contributed by atoms with Crippen molar-refractivity contribution in [3.63, 3.8) is 0 Å². The third-order valence-corrected chi connectivity index (χ3v) is 1.22. The van der Waals surface area contributed by atoms with E-state index in [1.165, 1.54) is 0 Å². The summed E-state index contributed by atoms with van der Waals surface area (Å²) in [6.45, 7) is 6.94. The maximum atomic E-state index is 4.06. The molecule has 0 aromatic carbocycles. The van der Waals surface area contributed by atoms with Crippen LogP contribution in [-0.4, -0.2) is 11.0 Å². The number of pyridine rings is 1. The quantitative estimate of drug-likeness (QED) is 0.660. The Labute approximate surface area is 73.2 Å². The summed E-state index contributed by atoms with van der Waals surface area (Å²) in [7, 11) is 0. The first-order valence-corrected chi connectivity index (χ1v) is 3.96. The summed E-state index contributed by atoms with van der Waals surface area (Å²) in [5.41, 5.74) is 0. The van der Waals surface area contributed by atoms with Crippen LogP contribution in [0.4, 0.5) is 5.82 Å². The molecule has 3 heteroatoms. The van der Waals surface area contributed by atoms with Gasteiger partial charge in [0.05, 0.1) is 0 Å². The Bertz CT molecular complexity index is 208. The molecule has 1 heterocycles. The maximum Gasteiger partial charge on any atom is 0.172 e. The molecule has 1 aromatic heterocycles. The van der Waals surface area contributed by atoms with Crippen molar-refractivity contribution in [2.24, 2.45) is 0 Å². The lowest BCUT2D eigenvalue weighted by molar-refractivity contribution is 0.666. The molecule has 0 spiro atoms. The molecule has 1 rings (SSSR count). The minimum atomic E-state index is 0.390. The predicted octanol–water partition coefficient (Wildman–Crippen LogP) is 1.49. The fourth-order valence-corrected chi connectivity index (χ4v) is 0.681. The molecule has 2 N–H and O–H groups in total. The number of rotatable bonds is 4. The summed E-state index contributed by atoms with van der Waals surface area (Å²) in [6, 6.07) is 6.07. The minimum Gasteiger partial charge on any atom is -0.346 e. The highest BCUT2D eigenvalue weighted by atomic mass is 15.1. The van der Waals surface area contributed by atoms with Gasteiger partial charge < -0.3 is 5.32 Å². The van der Waals surface area contributed by atoms with Crippen molar-refractivity contribution < 1.29 is 0 Å². The highest BCUT2D eigenvalue weighted by molar-refractivity contribution is 5.34. The van der Waals surface area contributed by atoms with E-state index in [-0.39, 0.29) is 0 Å². The highest BCUT2D eigenvalue weighted by Gasteiger charge is 1.93. The first kappa shape index (κ1) is 9.00. The van der Waals surface area contributed by atoms with E-state index in [4.69, 9.17) is 0 Å². The van der Waals surface area contributed by atoms with Crippen LogP contribution in [0, 0.1) is 6.67 Å². The summed E-state index contributed by atoms with van der Waals surface area (Å²) in [5, 5.41) is 5.90. The van der Waals surface area contributed by atoms with Crippen LogP contribution >= 0.6 is 0 Å². The van der Waals surface area contributed by atoms with Crippen molar-refractivity contribution in [3.05, 3.63) is 31.1 Å². The second-order valence-electron chi connectivity index (χ2n) is 2.76. The van der Waals surface area contributed by atoms with Crippen molar-refractivity contribution in [2.75, 3.05) is 5.32 Å². The second-order valence-corrected chi connectivity index (χ2v) is 2.76. The van der Waals surface area contributed by atoms with Crippen LogP contribution in [0.1, 0.15) is 13.8 Å². The van der Waals surface area contributed by atoms with Gasteiger partial charge in [0, 0.05) is 12.2 Å². The van der Waals surface area contributed by atoms with Gasteiger partial charge in [-0.3, -0.25) is 5.32 Å². The summed E-state index contributed by atoms with van der Waals surface area (Å²) < 4.78 is 0. The van der Waals surface area contributed by atoms with Crippen LogP contribution in [0.15, 0.2) is 24.4 Å². The third kappa shape index (κ3) is 3.34. The Hall–Kier alpha value is -1.09. The van der Waals surface area contributed by atoms with Gasteiger partial charge in [-0.2, -0.15) is 0 Å². The van der Waals surface area contributed by atoms with Gasteiger partial charge in [-0.25, -0.2) is 4.98 Å². The molecular formula is C9H13N3. The van der Waals surface area contributed by atoms with Crippen molar-refractivity contribution >= 4 is 5.82 Å². The zero-order chi connectivity index (χ0) is 8.81. The zero-order valence-corrected chi connectivity index (χ0v) is 7.33. The monoisotopic (exact) mass is 163 g/mol. The largest absolute Gasteiger partial charge is 0.346 e. The molecule has 0 fully saturated rings. The van der Waals surface area contributed by atoms with Gasteiger partial charge in [-0.05, 0) is 26.0 Å². The van der Waals surface area contributed by atoms with Gasteiger partial charge in [0.2, 0.25) is 0 Å². The van der Waals surface area contributed by atoms with Crippen molar-refractivity contribution in [2.45, 2.75) is 19.9 Å². The van der Waals surface area contributed by atoms with Crippen LogP contribution in [0.25, 0.3) is 0 Å². The number of aromatic nitrogens is 1. The first-order valence-electron chi connectivity index (χ1n) is 3.96. The van der Waals surface area contributed by atoms with Gasteiger partial charge in [0.15, 0.2) is 6.67 Å². The Morgan fingerprint density at radius 3 is 2.83 bits per heavy atom. The summed E-state index contributed by atoms with van der Waals surface area (Å²) in [6.07, 6.45) is 1.74. The van der Waals surface area contributed by atoms with Crippen LogP contribution in [0.5, 0.6) is 0 Å². The minimum absolute atomic E-state index is 0.390. The van der Waals surface area contributed by atoms with E-state index in [1.807, 2.05) is 32.0 Å². The normalized spacial score (nSPS) is 10.2. The van der Waals surface area contributed by atoms with E-state index in [9.17, 15) is 0 Å². The van der Waals surface area contributed by atoms with E-state index < -0.39 is 0 Å². The van der Waals surface area contributed by atoms with Crippen molar-refractivity contribution in [1.82, 2.24) is 10.3 Å². The SMILES string of the molecule is CC(C)N[C]Nc1ccccn1. The molecule has 0 aliphatic rings. The molecular weight excluding hydrogens is 150 g/mol. The maximum absolute atomic E-state index is 4.06. The van der Waals surface area contributed by atoms with Gasteiger partial charge in [0.1, 0.15) is 5.82 Å². The van der Waals surface area contributed by atoms with Crippen LogP contribution < -0.4 is 10.6 Å². The Balaban J connectivity index is 2.25. The Kier molecular flexibility index (Phi) is 3.54. The summed E-state index contributed by atoms with van der Waals surface area (Å²) in [5.74, 6) is 0.797. The molecule has 0 bridgehead atoms. The van der Waals surface area contributed by atoms with Crippen LogP contribution in [0.2, 0.25) is 0 Å². The second kappa shape index (κ2) is 4.72. The molecule has 12 heavy (non-hydrogen) atoms. The molecule has 0 saturated heterocycles. The summed E-state index contributed by atoms with van der Waals surface area (Å²) in [4.78, 5) is 4.06. The molecule has 2 radical (unpaired) electrons. The number of hydrogen-bond acceptors (Lipinski definition) is 3. The standard InChI is InChI=1S/C9H13N3/c1-8(2)11-7-12-9-5-3-4-6-10-9/h3-6,8,11H,1-2H3,(H,10,12). The number of hydrogen-bond donors (Lipinski definition) is 2. The molecule has 0 unspecified atom stereocenters. The topological polar surface area (TPSA) is 37.0 Å². The average molecular weight is 163 g/mol. The van der Waals surface area contributed by atoms with Crippen molar-refractivity contribution in [3.8, 4) is 0 Å². The highest BCUT2D eigenvalue weighted by Crippen LogP contribution is 1.98.